The second-order valence-electron chi connectivity index (χ2n) is 10.8. The lowest BCUT2D eigenvalue weighted by Crippen LogP contribution is -2.67. The molecular weight excluding hydrogens is 509 g/mol. The van der Waals surface area contributed by atoms with Gasteiger partial charge >= 0.3 is 0 Å². The average molecular weight is 561 g/mol. The quantitative estimate of drug-likeness (QED) is 0.121. The van der Waals surface area contributed by atoms with Crippen molar-refractivity contribution in [1.29, 1.82) is 0 Å². The predicted molar refractivity (Wildman–Crippen MR) is 149 cm³/mol. The van der Waals surface area contributed by atoms with Gasteiger partial charge < -0.3 is 0 Å². The summed E-state index contributed by atoms with van der Waals surface area (Å²) in [5.74, 6) is 0. The minimum absolute atomic E-state index is 0.346. The molecule has 0 aromatic rings. The van der Waals surface area contributed by atoms with Gasteiger partial charge in [-0.1, -0.05) is 129 Å². The van der Waals surface area contributed by atoms with Gasteiger partial charge in [-0.25, -0.2) is 25.3 Å². The third kappa shape index (κ3) is 10.2. The van der Waals surface area contributed by atoms with Crippen molar-refractivity contribution in [2.45, 2.75) is 132 Å². The van der Waals surface area contributed by atoms with E-state index in [1.54, 1.807) is 13.1 Å². The van der Waals surface area contributed by atoms with E-state index in [0.29, 0.717) is 12.5 Å². The van der Waals surface area contributed by atoms with E-state index in [1.165, 1.54) is 77.0 Å². The van der Waals surface area contributed by atoms with E-state index in [2.05, 4.69) is 6.92 Å². The van der Waals surface area contributed by atoms with Crippen LogP contribution in [0.25, 0.3) is 0 Å². The highest BCUT2D eigenvalue weighted by molar-refractivity contribution is 8.28. The molecule has 0 aromatic heterocycles. The second-order valence-corrected chi connectivity index (χ2v) is 24.2. The molecule has 10 heteroatoms. The number of hydrogen-bond donors (Lipinski definition) is 0. The van der Waals surface area contributed by atoms with Crippen LogP contribution in [0.2, 0.25) is 19.1 Å². The van der Waals surface area contributed by atoms with Gasteiger partial charge in [-0.05, 0) is 0 Å². The van der Waals surface area contributed by atoms with E-state index >= 15 is 0 Å². The Hall–Kier alpha value is 0.0669. The molecule has 0 atom stereocenters. The lowest BCUT2D eigenvalue weighted by Gasteiger charge is -2.40. The molecule has 0 saturated carbocycles. The van der Waals surface area contributed by atoms with Crippen LogP contribution in [-0.2, 0) is 29.5 Å². The van der Waals surface area contributed by atoms with Gasteiger partial charge in [-0.15, -0.1) is 0 Å². The first-order chi connectivity index (χ1) is 15.6. The Labute approximate surface area is 212 Å². The van der Waals surface area contributed by atoms with Crippen molar-refractivity contribution < 1.29 is 25.3 Å². The third-order valence-electron chi connectivity index (χ3n) is 6.95. The van der Waals surface area contributed by atoms with Crippen LogP contribution < -0.4 is 0 Å². The lowest BCUT2D eigenvalue weighted by molar-refractivity contribution is 0.531. The van der Waals surface area contributed by atoms with Crippen molar-refractivity contribution in [2.75, 3.05) is 18.8 Å². The first-order valence-electron chi connectivity index (χ1n) is 13.1. The molecule has 0 unspecified atom stereocenters. The molecule has 0 saturated heterocycles. The Morgan fingerprint density at radius 1 is 0.471 bits per heavy atom. The van der Waals surface area contributed by atoms with Gasteiger partial charge in [0.1, 0.15) is 8.07 Å². The molecule has 0 aromatic carbocycles. The highest BCUT2D eigenvalue weighted by atomic mass is 32.3. The van der Waals surface area contributed by atoms with Crippen molar-refractivity contribution in [3.05, 3.63) is 0 Å². The molecule has 206 valence electrons. The zero-order chi connectivity index (χ0) is 26.5. The fourth-order valence-corrected chi connectivity index (χ4v) is 26.6. The van der Waals surface area contributed by atoms with E-state index in [-0.39, 0.29) is 0 Å². The molecule has 0 bridgehead atoms. The molecule has 0 amide bonds. The van der Waals surface area contributed by atoms with Gasteiger partial charge in [0, 0.05) is 18.8 Å². The first-order valence-corrected chi connectivity index (χ1v) is 22.0. The van der Waals surface area contributed by atoms with Crippen molar-refractivity contribution in [1.82, 2.24) is 0 Å². The van der Waals surface area contributed by atoms with Gasteiger partial charge in [0.25, 0.3) is 3.03 Å². The van der Waals surface area contributed by atoms with Crippen LogP contribution >= 0.6 is 0 Å². The summed E-state index contributed by atoms with van der Waals surface area (Å²) in [7, 11) is -16.4. The van der Waals surface area contributed by atoms with Gasteiger partial charge in [-0.3, -0.25) is 0 Å². The van der Waals surface area contributed by atoms with Crippen molar-refractivity contribution in [3.8, 4) is 0 Å². The molecule has 0 aliphatic carbocycles. The number of unbranched alkanes of at least 4 members (excludes halogenated alkanes) is 15. The number of hydrogen-bond acceptors (Lipinski definition) is 6. The monoisotopic (exact) mass is 560 g/mol. The van der Waals surface area contributed by atoms with Crippen LogP contribution in [0.4, 0.5) is 0 Å². The summed E-state index contributed by atoms with van der Waals surface area (Å²) in [6, 6.07) is 0.346. The maximum atomic E-state index is 12.6. The van der Waals surface area contributed by atoms with Crippen LogP contribution in [0.5, 0.6) is 0 Å². The Morgan fingerprint density at radius 3 is 0.941 bits per heavy atom. The molecule has 6 nitrogen and oxygen atoms in total. The summed E-state index contributed by atoms with van der Waals surface area (Å²) in [6.45, 7) is 5.42. The Morgan fingerprint density at radius 2 is 0.706 bits per heavy atom. The van der Waals surface area contributed by atoms with Crippen molar-refractivity contribution in [3.63, 3.8) is 0 Å². The van der Waals surface area contributed by atoms with E-state index in [4.69, 9.17) is 0 Å². The molecule has 0 fully saturated rings. The fourth-order valence-electron chi connectivity index (χ4n) is 5.60. The molecule has 0 heterocycles. The molecular formula is C24H52O6S3Si. The van der Waals surface area contributed by atoms with Gasteiger partial charge in [0.05, 0.1) is 0 Å². The van der Waals surface area contributed by atoms with E-state index in [9.17, 15) is 25.3 Å². The van der Waals surface area contributed by atoms with Crippen LogP contribution in [0.15, 0.2) is 0 Å². The highest BCUT2D eigenvalue weighted by Crippen LogP contribution is 2.42. The number of rotatable bonds is 21. The predicted octanol–water partition coefficient (Wildman–Crippen LogP) is 6.28. The van der Waals surface area contributed by atoms with Crippen LogP contribution in [0.1, 0.15) is 110 Å². The third-order valence-corrected chi connectivity index (χ3v) is 26.9. The summed E-state index contributed by atoms with van der Waals surface area (Å²) >= 11 is 0. The average Bonchev–Trinajstić information content (AvgIpc) is 2.64. The maximum absolute atomic E-state index is 12.6. The van der Waals surface area contributed by atoms with Crippen LogP contribution in [0, 0.1) is 0 Å². The minimum atomic E-state index is -4.39. The largest absolute Gasteiger partial charge is 0.256 e. The van der Waals surface area contributed by atoms with E-state index in [0.717, 1.165) is 38.0 Å². The summed E-state index contributed by atoms with van der Waals surface area (Å²) in [6.07, 6.45) is 21.7. The van der Waals surface area contributed by atoms with E-state index < -0.39 is 40.6 Å². The Bertz CT molecular complexity index is 799. The second kappa shape index (κ2) is 15.3. The standard InChI is InChI=1S/C24H52O6S3Si/c1-7-8-9-10-11-12-13-14-15-16-17-18-19-20-21-22-23-34(5,6)24(31(2,25)26,32(3,27)28)33(4,29)30/h7-23H2,1-6H3. The highest BCUT2D eigenvalue weighted by Gasteiger charge is 2.68. The molecule has 34 heavy (non-hydrogen) atoms. The smallest absolute Gasteiger partial charge is 0.227 e. The summed E-state index contributed by atoms with van der Waals surface area (Å²) in [5.41, 5.74) is 0. The van der Waals surface area contributed by atoms with Gasteiger partial charge in [0.2, 0.25) is 0 Å². The molecule has 0 spiro atoms. The van der Waals surface area contributed by atoms with Gasteiger partial charge in [0.15, 0.2) is 29.5 Å². The zero-order valence-electron chi connectivity index (χ0n) is 22.7. The SMILES string of the molecule is CCCCCCCCCCCCCCCCCC[Si](C)(C)C(S(C)(=O)=O)(S(C)(=O)=O)S(C)(=O)=O. The Kier molecular flexibility index (Phi) is 15.4. The maximum Gasteiger partial charge on any atom is 0.256 e. The normalized spacial score (nSPS) is 13.9. The molecule has 0 N–H and O–H groups in total. The summed E-state index contributed by atoms with van der Waals surface area (Å²) < 4.78 is 73.2. The van der Waals surface area contributed by atoms with Gasteiger partial charge in [-0.2, -0.15) is 0 Å². The number of sulfone groups is 3. The van der Waals surface area contributed by atoms with Crippen LogP contribution in [-0.4, -0.2) is 55.1 Å². The van der Waals surface area contributed by atoms with E-state index in [1.807, 2.05) is 0 Å². The van der Waals surface area contributed by atoms with Crippen molar-refractivity contribution in [2.24, 2.45) is 0 Å². The topological polar surface area (TPSA) is 102 Å². The molecule has 0 radical (unpaired) electrons. The summed E-state index contributed by atoms with van der Waals surface area (Å²) in [4.78, 5) is 0. The fraction of sp³-hybridized carbons (Fsp3) is 1.00. The first kappa shape index (κ1) is 34.1. The Balaban J connectivity index is 4.34. The zero-order valence-corrected chi connectivity index (χ0v) is 26.1. The van der Waals surface area contributed by atoms with Crippen LogP contribution in [0.3, 0.4) is 0 Å². The molecule has 0 aliphatic heterocycles. The molecule has 0 aliphatic rings. The summed E-state index contributed by atoms with van der Waals surface area (Å²) in [5, 5.41) is 0. The molecule has 0 rings (SSSR count). The lowest BCUT2D eigenvalue weighted by atomic mass is 10.0. The van der Waals surface area contributed by atoms with Crippen molar-refractivity contribution >= 4 is 37.6 Å². The minimum Gasteiger partial charge on any atom is -0.227 e.